The van der Waals surface area contributed by atoms with E-state index in [0.717, 1.165) is 16.9 Å². The summed E-state index contributed by atoms with van der Waals surface area (Å²) in [6, 6.07) is 10.9. The summed E-state index contributed by atoms with van der Waals surface area (Å²) in [5.74, 6) is 1.51. The fraction of sp³-hybridized carbons (Fsp3) is 0.364. The minimum atomic E-state index is -0.994. The molecule has 3 aliphatic rings. The summed E-state index contributed by atoms with van der Waals surface area (Å²) < 4.78 is 17.4. The molecule has 0 saturated carbocycles. The molecule has 2 aromatic carbocycles. The first-order valence-electron chi connectivity index (χ1n) is 9.94. The number of hydrogen-bond donors (Lipinski definition) is 1. The number of rotatable bonds is 3. The maximum absolute atomic E-state index is 13.3. The monoisotopic (exact) mass is 459 g/mol. The second-order valence-electron chi connectivity index (χ2n) is 8.25. The molecule has 1 fully saturated rings. The minimum absolute atomic E-state index is 0.0520. The molecule has 0 aromatic heterocycles. The van der Waals surface area contributed by atoms with Crippen LogP contribution in [-0.4, -0.2) is 47.4 Å². The van der Waals surface area contributed by atoms with E-state index in [0.29, 0.717) is 28.2 Å². The molecule has 1 N–H and O–H groups in total. The first kappa shape index (κ1) is 20.2. The maximum atomic E-state index is 13.3. The Balaban J connectivity index is 1.58. The van der Waals surface area contributed by atoms with Gasteiger partial charge in [0.2, 0.25) is 12.7 Å². The van der Waals surface area contributed by atoms with Gasteiger partial charge >= 0.3 is 0 Å². The van der Waals surface area contributed by atoms with Gasteiger partial charge in [-0.1, -0.05) is 17.7 Å². The Morgan fingerprint density at radius 1 is 1.23 bits per heavy atom. The number of nitrogens with zero attached hydrogens (tertiary/aromatic N) is 2. The van der Waals surface area contributed by atoms with Crippen molar-refractivity contribution in [2.45, 2.75) is 25.2 Å². The number of benzene rings is 2. The average Bonchev–Trinajstić information content (AvgIpc) is 3.19. The highest BCUT2D eigenvalue weighted by atomic mass is 35.5. The molecule has 1 saturated heterocycles. The van der Waals surface area contributed by atoms with Crippen molar-refractivity contribution in [3.05, 3.63) is 52.5 Å². The van der Waals surface area contributed by atoms with E-state index >= 15 is 0 Å². The highest BCUT2D eigenvalue weighted by Crippen LogP contribution is 2.49. The Morgan fingerprint density at radius 2 is 1.97 bits per heavy atom. The van der Waals surface area contributed by atoms with Crippen LogP contribution in [0.5, 0.6) is 17.2 Å². The van der Waals surface area contributed by atoms with Gasteiger partial charge < -0.3 is 29.3 Å². The average molecular weight is 460 g/mol. The first-order valence-corrected chi connectivity index (χ1v) is 10.7. The lowest BCUT2D eigenvalue weighted by Crippen LogP contribution is -2.71. The van der Waals surface area contributed by atoms with E-state index in [2.05, 4.69) is 5.32 Å². The second kappa shape index (κ2) is 7.17. The molecule has 5 rings (SSSR count). The minimum Gasteiger partial charge on any atom is -0.467 e. The van der Waals surface area contributed by atoms with Gasteiger partial charge in [0.25, 0.3) is 0 Å². The van der Waals surface area contributed by atoms with Crippen molar-refractivity contribution in [3.63, 3.8) is 0 Å². The molecular formula is C22H22ClN3O4S. The first-order chi connectivity index (χ1) is 14.8. The van der Waals surface area contributed by atoms with Gasteiger partial charge in [0.05, 0.1) is 6.04 Å². The van der Waals surface area contributed by atoms with Crippen LogP contribution in [0.3, 0.4) is 0 Å². The molecule has 31 heavy (non-hydrogen) atoms. The predicted molar refractivity (Wildman–Crippen MR) is 119 cm³/mol. The third kappa shape index (κ3) is 3.16. The number of ether oxygens (including phenoxy) is 3. The van der Waals surface area contributed by atoms with Crippen molar-refractivity contribution in [1.29, 1.82) is 0 Å². The van der Waals surface area contributed by atoms with Crippen LogP contribution in [0.25, 0.3) is 0 Å². The van der Waals surface area contributed by atoms with Crippen LogP contribution in [0.15, 0.2) is 36.4 Å². The molecule has 162 valence electrons. The van der Waals surface area contributed by atoms with Crippen molar-refractivity contribution < 1.29 is 19.0 Å². The smallest absolute Gasteiger partial charge is 0.233 e. The Labute approximate surface area is 190 Å². The van der Waals surface area contributed by atoms with E-state index in [-0.39, 0.29) is 18.7 Å². The van der Waals surface area contributed by atoms with Crippen LogP contribution in [0.1, 0.15) is 24.1 Å². The number of carbonyl (C=O) groups excluding carboxylic acids is 1. The van der Waals surface area contributed by atoms with Crippen LogP contribution in [0.4, 0.5) is 0 Å². The summed E-state index contributed by atoms with van der Waals surface area (Å²) in [6.45, 7) is 2.57. The fourth-order valence-electron chi connectivity index (χ4n) is 4.53. The van der Waals surface area contributed by atoms with Crippen molar-refractivity contribution in [1.82, 2.24) is 15.1 Å². The molecule has 3 atom stereocenters. The number of nitrogens with one attached hydrogen (secondary N) is 1. The standard InChI is InChI=1S/C22H22ClN3O4S/c1-22-18(20(27)25(2)3)19(14-9-13(23)5-7-15(14)30-22)24-21(31)26(22)10-12-4-6-16-17(8-12)29-11-28-16/h4-9,18-19H,10-11H2,1-3H3,(H,24,31)/t18-,19-,22-/m0/s1. The molecule has 2 aromatic rings. The maximum Gasteiger partial charge on any atom is 0.233 e. The Kier molecular flexibility index (Phi) is 4.67. The van der Waals surface area contributed by atoms with Gasteiger partial charge in [-0.2, -0.15) is 0 Å². The number of carbonyl (C=O) groups is 1. The summed E-state index contributed by atoms with van der Waals surface area (Å²) in [4.78, 5) is 16.9. The SMILES string of the molecule is CN(C)C(=O)[C@@H]1[C@H]2NC(=S)N(Cc3ccc4c(c3)OCO4)[C@@]1(C)Oc1ccc(Cl)cc12. The van der Waals surface area contributed by atoms with Crippen LogP contribution in [0.2, 0.25) is 5.02 Å². The van der Waals surface area contributed by atoms with Crippen LogP contribution in [-0.2, 0) is 11.3 Å². The second-order valence-corrected chi connectivity index (χ2v) is 9.07. The largest absolute Gasteiger partial charge is 0.467 e. The van der Waals surface area contributed by atoms with Gasteiger partial charge in [0.1, 0.15) is 11.7 Å². The molecule has 9 heteroatoms. The lowest BCUT2D eigenvalue weighted by Gasteiger charge is -2.56. The predicted octanol–water partition coefficient (Wildman–Crippen LogP) is 3.31. The molecule has 0 unspecified atom stereocenters. The summed E-state index contributed by atoms with van der Waals surface area (Å²) >= 11 is 12.0. The number of halogens is 1. The topological polar surface area (TPSA) is 63.3 Å². The normalized spacial score (nSPS) is 25.4. The van der Waals surface area contributed by atoms with Crippen molar-refractivity contribution >= 4 is 34.8 Å². The van der Waals surface area contributed by atoms with Gasteiger partial charge in [-0.25, -0.2) is 0 Å². The highest BCUT2D eigenvalue weighted by Gasteiger charge is 2.58. The van der Waals surface area contributed by atoms with E-state index in [9.17, 15) is 4.79 Å². The lowest BCUT2D eigenvalue weighted by atomic mass is 9.78. The number of thiocarbonyl (C=S) groups is 1. The van der Waals surface area contributed by atoms with Gasteiger partial charge in [0, 0.05) is 31.2 Å². The molecule has 7 nitrogen and oxygen atoms in total. The zero-order chi connectivity index (χ0) is 21.9. The number of hydrogen-bond acceptors (Lipinski definition) is 5. The van der Waals surface area contributed by atoms with Gasteiger partial charge in [0.15, 0.2) is 22.3 Å². The van der Waals surface area contributed by atoms with E-state index in [4.69, 9.17) is 38.0 Å². The Bertz CT molecular complexity index is 1090. The quantitative estimate of drug-likeness (QED) is 0.706. The third-order valence-electron chi connectivity index (χ3n) is 6.08. The van der Waals surface area contributed by atoms with Gasteiger partial charge in [-0.15, -0.1) is 0 Å². The molecule has 0 aliphatic carbocycles. The van der Waals surface area contributed by atoms with Gasteiger partial charge in [-0.05, 0) is 55.0 Å². The van der Waals surface area contributed by atoms with Gasteiger partial charge in [-0.3, -0.25) is 4.79 Å². The molecule has 1 amide bonds. The van der Waals surface area contributed by atoms with Crippen molar-refractivity contribution in [3.8, 4) is 17.2 Å². The summed E-state index contributed by atoms with van der Waals surface area (Å²) in [7, 11) is 3.49. The Hall–Kier alpha value is -2.71. The molecule has 0 radical (unpaired) electrons. The summed E-state index contributed by atoms with van der Waals surface area (Å²) in [5, 5.41) is 4.47. The third-order valence-corrected chi connectivity index (χ3v) is 6.65. The fourth-order valence-corrected chi connectivity index (χ4v) is 5.08. The van der Waals surface area contributed by atoms with E-state index in [1.54, 1.807) is 25.1 Å². The number of fused-ring (bicyclic) bond motifs is 5. The molecule has 2 bridgehead atoms. The number of amides is 1. The lowest BCUT2D eigenvalue weighted by molar-refractivity contribution is -0.162. The molecule has 3 aliphatic heterocycles. The van der Waals surface area contributed by atoms with Crippen molar-refractivity contribution in [2.75, 3.05) is 20.9 Å². The zero-order valence-electron chi connectivity index (χ0n) is 17.3. The van der Waals surface area contributed by atoms with Crippen LogP contribution in [0, 0.1) is 5.92 Å². The molecular weight excluding hydrogens is 438 g/mol. The van der Waals surface area contributed by atoms with E-state index in [1.165, 1.54) is 0 Å². The summed E-state index contributed by atoms with van der Waals surface area (Å²) in [6.07, 6.45) is 0. The Morgan fingerprint density at radius 3 is 2.74 bits per heavy atom. The molecule has 3 heterocycles. The van der Waals surface area contributed by atoms with E-state index < -0.39 is 11.6 Å². The zero-order valence-corrected chi connectivity index (χ0v) is 18.9. The van der Waals surface area contributed by atoms with E-state index in [1.807, 2.05) is 42.2 Å². The van der Waals surface area contributed by atoms with Crippen molar-refractivity contribution in [2.24, 2.45) is 5.92 Å². The van der Waals surface area contributed by atoms with Crippen LogP contribution >= 0.6 is 23.8 Å². The van der Waals surface area contributed by atoms with Crippen LogP contribution < -0.4 is 19.5 Å². The summed E-state index contributed by atoms with van der Waals surface area (Å²) in [5.41, 5.74) is 0.802. The highest BCUT2D eigenvalue weighted by molar-refractivity contribution is 7.80. The molecule has 0 spiro atoms.